The zero-order valence-corrected chi connectivity index (χ0v) is 17.9. The van der Waals surface area contributed by atoms with Crippen molar-refractivity contribution in [2.45, 2.75) is 63.9 Å². The second-order valence-electron chi connectivity index (χ2n) is 10.1. The van der Waals surface area contributed by atoms with Crippen LogP contribution >= 0.6 is 0 Å². The highest BCUT2D eigenvalue weighted by Crippen LogP contribution is 2.69. The average Bonchev–Trinajstić information content (AvgIpc) is 2.72. The van der Waals surface area contributed by atoms with E-state index in [1.807, 2.05) is 12.1 Å². The van der Waals surface area contributed by atoms with Crippen molar-refractivity contribution in [2.24, 2.45) is 23.2 Å². The van der Waals surface area contributed by atoms with E-state index in [4.69, 9.17) is 4.74 Å². The van der Waals surface area contributed by atoms with E-state index in [1.165, 1.54) is 50.5 Å². The van der Waals surface area contributed by atoms with E-state index >= 15 is 0 Å². The van der Waals surface area contributed by atoms with Crippen LogP contribution in [0, 0.1) is 30.1 Å². The van der Waals surface area contributed by atoms with Gasteiger partial charge in [0.1, 0.15) is 5.75 Å². The molecule has 0 saturated heterocycles. The Kier molecular flexibility index (Phi) is 4.74. The lowest BCUT2D eigenvalue weighted by atomic mass is 9.40. The van der Waals surface area contributed by atoms with Gasteiger partial charge in [0, 0.05) is 6.42 Å². The third kappa shape index (κ3) is 3.11. The van der Waals surface area contributed by atoms with E-state index in [2.05, 4.69) is 43.3 Å². The average molecular weight is 391 g/mol. The lowest BCUT2D eigenvalue weighted by molar-refractivity contribution is -0.201. The molecule has 1 N–H and O–H groups in total. The molecule has 3 aliphatic carbocycles. The van der Waals surface area contributed by atoms with Crippen molar-refractivity contribution in [3.05, 3.63) is 65.2 Å². The number of rotatable bonds is 5. The van der Waals surface area contributed by atoms with Crippen molar-refractivity contribution in [2.75, 3.05) is 7.11 Å². The van der Waals surface area contributed by atoms with Crippen molar-refractivity contribution in [3.8, 4) is 5.75 Å². The molecule has 1 spiro atoms. The van der Waals surface area contributed by atoms with Gasteiger partial charge >= 0.3 is 0 Å². The molecule has 2 aromatic rings. The predicted molar refractivity (Wildman–Crippen MR) is 117 cm³/mol. The van der Waals surface area contributed by atoms with Gasteiger partial charge in [0.2, 0.25) is 0 Å². The summed E-state index contributed by atoms with van der Waals surface area (Å²) in [5.41, 5.74) is 3.21. The Morgan fingerprint density at radius 2 is 1.93 bits per heavy atom. The molecule has 2 aromatic carbocycles. The zero-order chi connectivity index (χ0) is 20.1. The van der Waals surface area contributed by atoms with Gasteiger partial charge in [0.05, 0.1) is 12.7 Å². The first-order chi connectivity index (χ1) is 14.0. The SMILES string of the molecule is COc1cccc(CC(O)(c2ccccc2C)C2CC34CCCC(CCC23)C4)c1. The number of benzene rings is 2. The van der Waals surface area contributed by atoms with Gasteiger partial charge in [-0.25, -0.2) is 0 Å². The van der Waals surface area contributed by atoms with Crippen LogP contribution in [0.3, 0.4) is 0 Å². The summed E-state index contributed by atoms with van der Waals surface area (Å²) in [6.45, 7) is 2.15. The Morgan fingerprint density at radius 3 is 2.76 bits per heavy atom. The monoisotopic (exact) mass is 390 g/mol. The number of methoxy groups -OCH3 is 1. The van der Waals surface area contributed by atoms with Crippen LogP contribution in [0.25, 0.3) is 0 Å². The molecule has 5 atom stereocenters. The summed E-state index contributed by atoms with van der Waals surface area (Å²) < 4.78 is 5.46. The van der Waals surface area contributed by atoms with E-state index in [1.54, 1.807) is 7.11 Å². The van der Waals surface area contributed by atoms with Crippen LogP contribution in [-0.4, -0.2) is 12.2 Å². The topological polar surface area (TPSA) is 29.5 Å². The molecule has 2 nitrogen and oxygen atoms in total. The van der Waals surface area contributed by atoms with Crippen LogP contribution in [-0.2, 0) is 12.0 Å². The number of fused-ring (bicyclic) bond motifs is 1. The molecule has 3 fully saturated rings. The quantitative estimate of drug-likeness (QED) is 0.674. The molecular weight excluding hydrogens is 356 g/mol. The lowest BCUT2D eigenvalue weighted by Gasteiger charge is -2.65. The molecule has 0 heterocycles. The molecule has 2 heteroatoms. The molecular formula is C27H34O2. The number of aliphatic hydroxyl groups is 1. The van der Waals surface area contributed by atoms with Crippen LogP contribution in [0.4, 0.5) is 0 Å². The minimum absolute atomic E-state index is 0.355. The molecule has 5 unspecified atom stereocenters. The maximum Gasteiger partial charge on any atom is 0.119 e. The van der Waals surface area contributed by atoms with E-state index in [0.717, 1.165) is 22.8 Å². The van der Waals surface area contributed by atoms with Gasteiger partial charge in [-0.3, -0.25) is 0 Å². The van der Waals surface area contributed by atoms with Crippen LogP contribution < -0.4 is 4.74 Å². The maximum atomic E-state index is 12.4. The Morgan fingerprint density at radius 1 is 1.07 bits per heavy atom. The number of hydrogen-bond donors (Lipinski definition) is 1. The first-order valence-corrected chi connectivity index (χ1v) is 11.5. The van der Waals surface area contributed by atoms with Crippen molar-refractivity contribution in [1.29, 1.82) is 0 Å². The molecule has 5 rings (SSSR count). The molecule has 3 aliphatic rings. The Hall–Kier alpha value is -1.80. The Balaban J connectivity index is 1.52. The first-order valence-electron chi connectivity index (χ1n) is 11.5. The fourth-order valence-corrected chi connectivity index (χ4v) is 7.29. The van der Waals surface area contributed by atoms with E-state index in [-0.39, 0.29) is 0 Å². The second kappa shape index (κ2) is 7.16. The molecule has 0 aromatic heterocycles. The van der Waals surface area contributed by atoms with Gasteiger partial charge in [-0.15, -0.1) is 0 Å². The standard InChI is InChI=1S/C27H34O2/c1-19-7-3-4-11-23(19)27(28,17-21-8-5-10-22(15-21)29-2)25-18-26-14-6-9-20(16-26)12-13-24(25)26/h3-5,7-8,10-11,15,20,24-25,28H,6,9,12-14,16-18H2,1-2H3. The zero-order valence-electron chi connectivity index (χ0n) is 17.9. The summed E-state index contributed by atoms with van der Waals surface area (Å²) in [6.07, 6.45) is 10.2. The Labute approximate surface area is 175 Å². The van der Waals surface area contributed by atoms with Gasteiger partial charge < -0.3 is 9.84 Å². The minimum atomic E-state index is -0.808. The fraction of sp³-hybridized carbons (Fsp3) is 0.556. The van der Waals surface area contributed by atoms with Crippen LogP contribution in [0.15, 0.2) is 48.5 Å². The first kappa shape index (κ1) is 19.2. The molecule has 3 saturated carbocycles. The summed E-state index contributed by atoms with van der Waals surface area (Å²) in [6, 6.07) is 16.7. The molecule has 2 bridgehead atoms. The summed E-state index contributed by atoms with van der Waals surface area (Å²) in [7, 11) is 1.71. The molecule has 0 amide bonds. The van der Waals surface area contributed by atoms with Gasteiger partial charge in [-0.1, -0.05) is 55.7 Å². The Bertz CT molecular complexity index is 890. The molecule has 0 aliphatic heterocycles. The van der Waals surface area contributed by atoms with Gasteiger partial charge in [0.25, 0.3) is 0 Å². The normalized spacial score (nSPS) is 32.6. The largest absolute Gasteiger partial charge is 0.497 e. The third-order valence-corrected chi connectivity index (χ3v) is 8.60. The number of hydrogen-bond acceptors (Lipinski definition) is 2. The number of ether oxygens (including phenoxy) is 1. The van der Waals surface area contributed by atoms with Gasteiger partial charge in [0.15, 0.2) is 0 Å². The fourth-order valence-electron chi connectivity index (χ4n) is 7.29. The van der Waals surface area contributed by atoms with E-state index in [9.17, 15) is 5.11 Å². The van der Waals surface area contributed by atoms with Crippen molar-refractivity contribution in [3.63, 3.8) is 0 Å². The van der Waals surface area contributed by atoms with Crippen molar-refractivity contribution >= 4 is 0 Å². The summed E-state index contributed by atoms with van der Waals surface area (Å²) in [4.78, 5) is 0. The van der Waals surface area contributed by atoms with Gasteiger partial charge in [-0.05, 0) is 84.6 Å². The molecule has 0 radical (unpaired) electrons. The van der Waals surface area contributed by atoms with Crippen LogP contribution in [0.1, 0.15) is 61.6 Å². The predicted octanol–water partition coefficient (Wildman–Crippen LogP) is 6.04. The number of aryl methyl sites for hydroxylation is 1. The lowest BCUT2D eigenvalue weighted by Crippen LogP contribution is -2.60. The highest BCUT2D eigenvalue weighted by Gasteiger charge is 2.62. The highest BCUT2D eigenvalue weighted by atomic mass is 16.5. The maximum absolute atomic E-state index is 12.4. The molecule has 154 valence electrons. The van der Waals surface area contributed by atoms with Gasteiger partial charge in [-0.2, -0.15) is 0 Å². The van der Waals surface area contributed by atoms with Crippen molar-refractivity contribution in [1.82, 2.24) is 0 Å². The molecule has 29 heavy (non-hydrogen) atoms. The summed E-state index contributed by atoms with van der Waals surface area (Å²) in [5.74, 6) is 2.85. The summed E-state index contributed by atoms with van der Waals surface area (Å²) >= 11 is 0. The highest BCUT2D eigenvalue weighted by molar-refractivity contribution is 5.37. The third-order valence-electron chi connectivity index (χ3n) is 8.60. The smallest absolute Gasteiger partial charge is 0.119 e. The van der Waals surface area contributed by atoms with Crippen LogP contribution in [0.2, 0.25) is 0 Å². The van der Waals surface area contributed by atoms with Crippen LogP contribution in [0.5, 0.6) is 5.75 Å². The summed E-state index contributed by atoms with van der Waals surface area (Å²) in [5, 5.41) is 12.4. The van der Waals surface area contributed by atoms with E-state index < -0.39 is 5.60 Å². The second-order valence-corrected chi connectivity index (χ2v) is 10.1. The minimum Gasteiger partial charge on any atom is -0.497 e. The van der Waals surface area contributed by atoms with E-state index in [0.29, 0.717) is 23.7 Å². The van der Waals surface area contributed by atoms with Crippen molar-refractivity contribution < 1.29 is 9.84 Å².